The summed E-state index contributed by atoms with van der Waals surface area (Å²) >= 11 is 0. The highest BCUT2D eigenvalue weighted by molar-refractivity contribution is 6.58. The lowest BCUT2D eigenvalue weighted by molar-refractivity contribution is 0.420. The first-order chi connectivity index (χ1) is 12.4. The number of halogens is 2. The largest absolute Gasteiger partial charge is 0.491 e. The number of benzene rings is 1. The van der Waals surface area contributed by atoms with E-state index in [1.807, 2.05) is 0 Å². The average molecular weight is 359 g/mol. The van der Waals surface area contributed by atoms with E-state index >= 15 is 0 Å². The van der Waals surface area contributed by atoms with E-state index in [0.717, 1.165) is 6.07 Å². The molecule has 0 unspecified atom stereocenters. The second-order valence-electron chi connectivity index (χ2n) is 5.83. The van der Waals surface area contributed by atoms with Crippen LogP contribution >= 0.6 is 0 Å². The smallest absolute Gasteiger partial charge is 0.423 e. The monoisotopic (exact) mass is 359 g/mol. The Morgan fingerprint density at radius 2 is 1.85 bits per heavy atom. The van der Waals surface area contributed by atoms with Gasteiger partial charge in [0.05, 0.1) is 12.2 Å². The highest BCUT2D eigenvalue weighted by Crippen LogP contribution is 2.26. The first-order valence-electron chi connectivity index (χ1n) is 7.92. The van der Waals surface area contributed by atoms with Crippen molar-refractivity contribution in [3.8, 4) is 11.1 Å². The number of aryl methyl sites for hydroxylation is 3. The van der Waals surface area contributed by atoms with E-state index in [0.29, 0.717) is 24.3 Å². The maximum Gasteiger partial charge on any atom is 0.491 e. The molecule has 0 aliphatic rings. The number of rotatable bonds is 5. The SMILES string of the molecule is Cc1nn(CCn2ccccc2=O)cc1-c1ccc(B(O)O)c(F)c1F. The van der Waals surface area contributed by atoms with Gasteiger partial charge in [-0.2, -0.15) is 5.10 Å². The molecule has 0 aliphatic carbocycles. The van der Waals surface area contributed by atoms with Gasteiger partial charge in [-0.25, -0.2) is 8.78 Å². The molecule has 6 nitrogen and oxygen atoms in total. The van der Waals surface area contributed by atoms with Crippen molar-refractivity contribution in [3.63, 3.8) is 0 Å². The normalized spacial score (nSPS) is 11.0. The minimum absolute atomic E-state index is 0.0208. The highest BCUT2D eigenvalue weighted by Gasteiger charge is 2.23. The second-order valence-corrected chi connectivity index (χ2v) is 5.83. The standard InChI is InChI=1S/C17H16BF2N3O3/c1-11-13(12-5-6-14(18(25)26)17(20)16(12)19)10-23(21-11)9-8-22-7-3-2-4-15(22)24/h2-7,10,25-26H,8-9H2,1H3. The summed E-state index contributed by atoms with van der Waals surface area (Å²) < 4.78 is 31.4. The van der Waals surface area contributed by atoms with E-state index in [1.165, 1.54) is 16.7 Å². The lowest BCUT2D eigenvalue weighted by Crippen LogP contribution is -2.33. The van der Waals surface area contributed by atoms with E-state index in [4.69, 9.17) is 10.0 Å². The summed E-state index contributed by atoms with van der Waals surface area (Å²) in [6.45, 7) is 2.42. The first kappa shape index (κ1) is 18.0. The Morgan fingerprint density at radius 1 is 1.08 bits per heavy atom. The molecule has 3 rings (SSSR count). The van der Waals surface area contributed by atoms with Crippen molar-refractivity contribution >= 4 is 12.6 Å². The maximum absolute atomic E-state index is 14.3. The zero-order valence-corrected chi connectivity index (χ0v) is 13.9. The Kier molecular flexibility index (Phi) is 5.01. The number of hydrogen-bond acceptors (Lipinski definition) is 4. The van der Waals surface area contributed by atoms with Crippen LogP contribution in [0.25, 0.3) is 11.1 Å². The quantitative estimate of drug-likeness (QED) is 0.657. The molecular formula is C17H16BF2N3O3. The van der Waals surface area contributed by atoms with Crippen LogP contribution < -0.4 is 11.0 Å². The van der Waals surface area contributed by atoms with Gasteiger partial charge in [0.2, 0.25) is 0 Å². The fourth-order valence-electron chi connectivity index (χ4n) is 2.72. The summed E-state index contributed by atoms with van der Waals surface area (Å²) in [7, 11) is -2.09. The number of nitrogens with zero attached hydrogens (tertiary/aromatic N) is 3. The highest BCUT2D eigenvalue weighted by atomic mass is 19.2. The summed E-state index contributed by atoms with van der Waals surface area (Å²) in [6.07, 6.45) is 3.23. The molecule has 0 bridgehead atoms. The van der Waals surface area contributed by atoms with Crippen LogP contribution in [-0.4, -0.2) is 31.5 Å². The van der Waals surface area contributed by atoms with Crippen LogP contribution in [0.4, 0.5) is 8.78 Å². The maximum atomic E-state index is 14.3. The van der Waals surface area contributed by atoms with Crippen LogP contribution in [-0.2, 0) is 13.1 Å². The molecule has 0 spiro atoms. The molecule has 0 amide bonds. The molecule has 0 radical (unpaired) electrons. The van der Waals surface area contributed by atoms with Crippen LogP contribution in [0.2, 0.25) is 0 Å². The summed E-state index contributed by atoms with van der Waals surface area (Å²) in [5.41, 5.74) is 0.192. The van der Waals surface area contributed by atoms with Crippen LogP contribution in [0.3, 0.4) is 0 Å². The van der Waals surface area contributed by atoms with Crippen LogP contribution in [0.15, 0.2) is 47.5 Å². The number of aromatic nitrogens is 3. The Bertz CT molecular complexity index is 1000. The summed E-state index contributed by atoms with van der Waals surface area (Å²) in [5.74, 6) is -2.47. The van der Waals surface area contributed by atoms with Gasteiger partial charge in [0.15, 0.2) is 11.6 Å². The lowest BCUT2D eigenvalue weighted by Gasteiger charge is -2.07. The van der Waals surface area contributed by atoms with E-state index in [1.54, 1.807) is 36.1 Å². The molecule has 0 saturated carbocycles. The summed E-state index contributed by atoms with van der Waals surface area (Å²) in [4.78, 5) is 11.7. The molecular weight excluding hydrogens is 343 g/mol. The lowest BCUT2D eigenvalue weighted by atomic mass is 9.79. The van der Waals surface area contributed by atoms with Crippen molar-refractivity contribution in [2.45, 2.75) is 20.0 Å². The molecule has 0 aliphatic heterocycles. The fraction of sp³-hybridized carbons (Fsp3) is 0.176. The molecule has 3 aromatic rings. The average Bonchev–Trinajstić information content (AvgIpc) is 2.97. The van der Waals surface area contributed by atoms with Crippen molar-refractivity contribution in [3.05, 3.63) is 70.4 Å². The van der Waals surface area contributed by atoms with Gasteiger partial charge in [-0.1, -0.05) is 18.2 Å². The van der Waals surface area contributed by atoms with Gasteiger partial charge in [-0.15, -0.1) is 0 Å². The summed E-state index contributed by atoms with van der Waals surface area (Å²) in [5, 5.41) is 22.4. The molecule has 0 fully saturated rings. The van der Waals surface area contributed by atoms with Gasteiger partial charge in [-0.3, -0.25) is 9.48 Å². The zero-order valence-electron chi connectivity index (χ0n) is 13.9. The van der Waals surface area contributed by atoms with Gasteiger partial charge in [-0.05, 0) is 13.0 Å². The Morgan fingerprint density at radius 3 is 2.54 bits per heavy atom. The van der Waals surface area contributed by atoms with Crippen LogP contribution in [0.5, 0.6) is 0 Å². The Hall–Kier alpha value is -2.78. The molecule has 2 heterocycles. The second kappa shape index (κ2) is 7.23. The van der Waals surface area contributed by atoms with E-state index in [2.05, 4.69) is 5.10 Å². The van der Waals surface area contributed by atoms with Crippen molar-refractivity contribution < 1.29 is 18.8 Å². The van der Waals surface area contributed by atoms with Crippen LogP contribution in [0, 0.1) is 18.6 Å². The minimum Gasteiger partial charge on any atom is -0.423 e. The third kappa shape index (κ3) is 3.44. The number of hydrogen-bond donors (Lipinski definition) is 2. The Balaban J connectivity index is 1.88. The van der Waals surface area contributed by atoms with Crippen molar-refractivity contribution in [2.75, 3.05) is 0 Å². The van der Waals surface area contributed by atoms with E-state index in [9.17, 15) is 13.6 Å². The topological polar surface area (TPSA) is 80.3 Å². The van der Waals surface area contributed by atoms with Gasteiger partial charge < -0.3 is 14.6 Å². The minimum atomic E-state index is -2.09. The van der Waals surface area contributed by atoms with Crippen molar-refractivity contribution in [2.24, 2.45) is 0 Å². The zero-order chi connectivity index (χ0) is 18.8. The molecule has 0 atom stereocenters. The third-order valence-corrected chi connectivity index (χ3v) is 4.10. The molecule has 0 saturated heterocycles. The van der Waals surface area contributed by atoms with Gasteiger partial charge >= 0.3 is 7.12 Å². The predicted octanol–water partition coefficient (Wildman–Crippen LogP) is 0.678. The molecule has 2 aromatic heterocycles. The molecule has 134 valence electrons. The Labute approximate surface area is 148 Å². The van der Waals surface area contributed by atoms with Gasteiger partial charge in [0.25, 0.3) is 5.56 Å². The fourth-order valence-corrected chi connectivity index (χ4v) is 2.72. The van der Waals surface area contributed by atoms with Crippen molar-refractivity contribution in [1.82, 2.24) is 14.3 Å². The third-order valence-electron chi connectivity index (χ3n) is 4.10. The van der Waals surface area contributed by atoms with E-state index in [-0.39, 0.29) is 11.1 Å². The summed E-state index contributed by atoms with van der Waals surface area (Å²) in [6, 6.07) is 7.26. The first-order valence-corrected chi connectivity index (χ1v) is 7.92. The van der Waals surface area contributed by atoms with Crippen molar-refractivity contribution in [1.29, 1.82) is 0 Å². The van der Waals surface area contributed by atoms with Crippen LogP contribution in [0.1, 0.15) is 5.69 Å². The predicted molar refractivity (Wildman–Crippen MR) is 92.8 cm³/mol. The molecule has 26 heavy (non-hydrogen) atoms. The number of pyridine rings is 1. The molecule has 9 heteroatoms. The molecule has 1 aromatic carbocycles. The van der Waals surface area contributed by atoms with E-state index < -0.39 is 24.2 Å². The van der Waals surface area contributed by atoms with Gasteiger partial charge in [0, 0.05) is 41.6 Å². The van der Waals surface area contributed by atoms with Gasteiger partial charge in [0.1, 0.15) is 0 Å². The molecule has 2 N–H and O–H groups in total.